The van der Waals surface area contributed by atoms with E-state index < -0.39 is 31.1 Å². The summed E-state index contributed by atoms with van der Waals surface area (Å²) >= 11 is 0. The van der Waals surface area contributed by atoms with E-state index in [9.17, 15) is 20.1 Å². The quantitative estimate of drug-likeness (QED) is 0.265. The number of aliphatic hydroxyl groups is 3. The maximum Gasteiger partial charge on any atom is 0.221 e. The summed E-state index contributed by atoms with van der Waals surface area (Å²) in [5.41, 5.74) is 5.04. The van der Waals surface area contributed by atoms with Crippen LogP contribution in [-0.4, -0.2) is 71.9 Å². The van der Waals surface area contributed by atoms with E-state index in [1.165, 1.54) is 24.1 Å². The molecule has 1 saturated heterocycles. The van der Waals surface area contributed by atoms with Crippen LogP contribution in [0, 0.1) is 0 Å². The van der Waals surface area contributed by atoms with Crippen LogP contribution in [0.2, 0.25) is 0 Å². The summed E-state index contributed by atoms with van der Waals surface area (Å²) in [5, 5.41) is 36.4. The number of hydrogen-bond donors (Lipinski definition) is 5. The Morgan fingerprint density at radius 3 is 2.68 bits per heavy atom. The fourth-order valence-corrected chi connectivity index (χ4v) is 3.25. The molecule has 2 unspecified atom stereocenters. The zero-order valence-corrected chi connectivity index (χ0v) is 16.5. The van der Waals surface area contributed by atoms with Crippen molar-refractivity contribution in [2.45, 2.75) is 31.5 Å². The third-order valence-electron chi connectivity index (χ3n) is 4.77. The SMILES string of the molecule is CC(=O)Nc1ccc(/C=N/Nc2ncnc3c2ncn3[C@@H]2O[C@H](CO)C(O)C2O)cc1. The molecule has 1 aliphatic heterocycles. The zero-order chi connectivity index (χ0) is 22.0. The van der Waals surface area contributed by atoms with Crippen LogP contribution in [-0.2, 0) is 9.53 Å². The summed E-state index contributed by atoms with van der Waals surface area (Å²) in [6.07, 6.45) is -0.0388. The molecule has 4 atom stereocenters. The minimum Gasteiger partial charge on any atom is -0.394 e. The Labute approximate surface area is 176 Å². The first-order valence-corrected chi connectivity index (χ1v) is 9.44. The van der Waals surface area contributed by atoms with Crippen LogP contribution in [0.3, 0.4) is 0 Å². The second kappa shape index (κ2) is 8.73. The van der Waals surface area contributed by atoms with Crippen molar-refractivity contribution < 1.29 is 24.9 Å². The summed E-state index contributed by atoms with van der Waals surface area (Å²) in [4.78, 5) is 23.7. The van der Waals surface area contributed by atoms with Crippen LogP contribution >= 0.6 is 0 Å². The third-order valence-corrected chi connectivity index (χ3v) is 4.77. The molecule has 12 nitrogen and oxygen atoms in total. The lowest BCUT2D eigenvalue weighted by atomic mass is 10.1. The van der Waals surface area contributed by atoms with Crippen LogP contribution in [0.4, 0.5) is 11.5 Å². The Kier molecular flexibility index (Phi) is 5.86. The highest BCUT2D eigenvalue weighted by Gasteiger charge is 2.44. The largest absolute Gasteiger partial charge is 0.394 e. The van der Waals surface area contributed by atoms with E-state index in [-0.39, 0.29) is 5.91 Å². The van der Waals surface area contributed by atoms with Gasteiger partial charge in [0.05, 0.1) is 19.1 Å². The maximum atomic E-state index is 11.1. The van der Waals surface area contributed by atoms with Crippen LogP contribution in [0.15, 0.2) is 42.0 Å². The summed E-state index contributed by atoms with van der Waals surface area (Å²) in [6.45, 7) is 1.01. The van der Waals surface area contributed by atoms with E-state index in [2.05, 4.69) is 30.8 Å². The molecule has 1 aromatic carbocycles. The number of nitrogens with zero attached hydrogens (tertiary/aromatic N) is 5. The first-order chi connectivity index (χ1) is 15.0. The van der Waals surface area contributed by atoms with Gasteiger partial charge in [-0.1, -0.05) is 12.1 Å². The van der Waals surface area contributed by atoms with Gasteiger partial charge in [0.1, 0.15) is 24.6 Å². The van der Waals surface area contributed by atoms with Gasteiger partial charge in [0.25, 0.3) is 0 Å². The van der Waals surface area contributed by atoms with Gasteiger partial charge in [-0.3, -0.25) is 14.8 Å². The molecular formula is C19H21N7O5. The van der Waals surface area contributed by atoms with E-state index in [1.807, 2.05) is 0 Å². The van der Waals surface area contributed by atoms with Crippen molar-refractivity contribution in [3.05, 3.63) is 42.5 Å². The number of aromatic nitrogens is 4. The number of anilines is 2. The second-order valence-electron chi connectivity index (χ2n) is 6.95. The molecule has 5 N–H and O–H groups in total. The number of ether oxygens (including phenoxy) is 1. The van der Waals surface area contributed by atoms with Gasteiger partial charge in [-0.05, 0) is 17.7 Å². The van der Waals surface area contributed by atoms with Gasteiger partial charge in [0.2, 0.25) is 5.91 Å². The van der Waals surface area contributed by atoms with Gasteiger partial charge < -0.3 is 25.4 Å². The predicted octanol–water partition coefficient (Wildman–Crippen LogP) is -0.158. The molecule has 0 spiro atoms. The molecule has 2 aromatic heterocycles. The number of carbonyl (C=O) groups excluding carboxylic acids is 1. The molecular weight excluding hydrogens is 406 g/mol. The summed E-state index contributed by atoms with van der Waals surface area (Å²) in [5.74, 6) is 0.189. The number of carbonyl (C=O) groups is 1. The molecule has 31 heavy (non-hydrogen) atoms. The Hall–Kier alpha value is -3.45. The average molecular weight is 427 g/mol. The van der Waals surface area contributed by atoms with Gasteiger partial charge in [-0.15, -0.1) is 0 Å². The predicted molar refractivity (Wildman–Crippen MR) is 110 cm³/mol. The fraction of sp³-hybridized carbons (Fsp3) is 0.316. The molecule has 0 saturated carbocycles. The van der Waals surface area contributed by atoms with E-state index in [4.69, 9.17) is 4.74 Å². The molecule has 12 heteroatoms. The maximum absolute atomic E-state index is 11.1. The van der Waals surface area contributed by atoms with Crippen molar-refractivity contribution in [3.63, 3.8) is 0 Å². The Balaban J connectivity index is 1.51. The fourth-order valence-electron chi connectivity index (χ4n) is 3.25. The highest BCUT2D eigenvalue weighted by Crippen LogP contribution is 2.32. The van der Waals surface area contributed by atoms with Crippen molar-refractivity contribution in [3.8, 4) is 0 Å². The highest BCUT2D eigenvalue weighted by atomic mass is 16.6. The standard InChI is InChI=1S/C19H21N7O5/c1-10(28)24-12-4-2-11(3-5-12)6-23-25-17-14-18(21-8-20-17)26(9-22-14)19-16(30)15(29)13(7-27)31-19/h2-6,8-9,13,15-16,19,27,29-30H,7H2,1H3,(H,24,28)(H,20,21,25)/b23-6+/t13-,15?,16?,19-/m1/s1. The van der Waals surface area contributed by atoms with Crippen molar-refractivity contribution in [1.29, 1.82) is 0 Å². The van der Waals surface area contributed by atoms with Crippen molar-refractivity contribution >= 4 is 34.8 Å². The molecule has 0 bridgehead atoms. The first kappa shape index (κ1) is 20.8. The molecule has 1 fully saturated rings. The van der Waals surface area contributed by atoms with Gasteiger partial charge in [-0.2, -0.15) is 5.10 Å². The number of fused-ring (bicyclic) bond motifs is 1. The summed E-state index contributed by atoms with van der Waals surface area (Å²) in [7, 11) is 0. The van der Waals surface area contributed by atoms with Gasteiger partial charge in [-0.25, -0.2) is 15.0 Å². The molecule has 1 amide bonds. The van der Waals surface area contributed by atoms with Crippen LogP contribution in [0.1, 0.15) is 18.7 Å². The lowest BCUT2D eigenvalue weighted by Crippen LogP contribution is -2.33. The molecule has 3 aromatic rings. The molecule has 162 valence electrons. The van der Waals surface area contributed by atoms with E-state index >= 15 is 0 Å². The summed E-state index contributed by atoms with van der Waals surface area (Å²) < 4.78 is 7.00. The summed E-state index contributed by atoms with van der Waals surface area (Å²) in [6, 6.07) is 7.10. The second-order valence-corrected chi connectivity index (χ2v) is 6.95. The number of hydrogen-bond acceptors (Lipinski definition) is 10. The van der Waals surface area contributed by atoms with Crippen molar-refractivity contribution in [1.82, 2.24) is 19.5 Å². The number of rotatable bonds is 6. The van der Waals surface area contributed by atoms with Crippen molar-refractivity contribution in [2.75, 3.05) is 17.3 Å². The Bertz CT molecular complexity index is 1100. The number of benzene rings is 1. The molecule has 0 aliphatic carbocycles. The normalized spacial score (nSPS) is 23.5. The van der Waals surface area contributed by atoms with Gasteiger partial charge in [0.15, 0.2) is 23.2 Å². The number of hydrazone groups is 1. The topological polar surface area (TPSA) is 167 Å². The third kappa shape index (κ3) is 4.22. The zero-order valence-electron chi connectivity index (χ0n) is 16.5. The van der Waals surface area contributed by atoms with E-state index in [1.54, 1.807) is 30.5 Å². The van der Waals surface area contributed by atoms with Gasteiger partial charge in [0, 0.05) is 12.6 Å². The average Bonchev–Trinajstić information content (AvgIpc) is 3.31. The Morgan fingerprint density at radius 2 is 2.00 bits per heavy atom. The van der Waals surface area contributed by atoms with Crippen molar-refractivity contribution in [2.24, 2.45) is 5.10 Å². The van der Waals surface area contributed by atoms with Crippen LogP contribution in [0.5, 0.6) is 0 Å². The Morgan fingerprint density at radius 1 is 1.23 bits per heavy atom. The highest BCUT2D eigenvalue weighted by molar-refractivity contribution is 5.89. The first-order valence-electron chi connectivity index (χ1n) is 9.44. The lowest BCUT2D eigenvalue weighted by Gasteiger charge is -2.16. The lowest BCUT2D eigenvalue weighted by molar-refractivity contribution is -0.114. The monoisotopic (exact) mass is 427 g/mol. The minimum absolute atomic E-state index is 0.146. The number of aliphatic hydroxyl groups excluding tert-OH is 3. The van der Waals surface area contributed by atoms with Crippen LogP contribution in [0.25, 0.3) is 11.2 Å². The van der Waals surface area contributed by atoms with Crippen LogP contribution < -0.4 is 10.7 Å². The number of nitrogens with one attached hydrogen (secondary N) is 2. The molecule has 0 radical (unpaired) electrons. The molecule has 1 aliphatic rings. The van der Waals surface area contributed by atoms with Gasteiger partial charge >= 0.3 is 0 Å². The smallest absolute Gasteiger partial charge is 0.221 e. The minimum atomic E-state index is -1.25. The molecule has 4 rings (SSSR count). The number of imidazole rings is 1. The molecule has 3 heterocycles. The van der Waals surface area contributed by atoms with E-state index in [0.717, 1.165) is 5.56 Å². The number of amides is 1. The van der Waals surface area contributed by atoms with E-state index in [0.29, 0.717) is 22.7 Å².